The van der Waals surface area contributed by atoms with Gasteiger partial charge in [-0.2, -0.15) is 0 Å². The third-order valence-corrected chi connectivity index (χ3v) is 17.5. The molecular weight excluding hydrogens is 1030 g/mol. The van der Waals surface area contributed by atoms with Crippen LogP contribution in [0.1, 0.15) is 361 Å². The van der Waals surface area contributed by atoms with E-state index in [1.807, 2.05) is 27.2 Å². The van der Waals surface area contributed by atoms with E-state index in [4.69, 9.17) is 9.05 Å². The molecule has 0 rings (SSSR count). The Balaban J connectivity index is 3.90. The summed E-state index contributed by atoms with van der Waals surface area (Å²) in [5.74, 6) is -0.170. The Morgan fingerprint density at radius 2 is 0.695 bits per heavy atom. The maximum absolute atomic E-state index is 13.0. The number of quaternary nitrogens is 1. The minimum Gasteiger partial charge on any atom is -0.387 e. The summed E-state index contributed by atoms with van der Waals surface area (Å²) >= 11 is 0. The molecule has 9 heteroatoms. The number of phosphoric ester groups is 1. The first-order valence-electron chi connectivity index (χ1n) is 36.0. The van der Waals surface area contributed by atoms with E-state index in [0.29, 0.717) is 17.4 Å². The van der Waals surface area contributed by atoms with Gasteiger partial charge in [-0.05, 0) is 57.8 Å². The van der Waals surface area contributed by atoms with Gasteiger partial charge in [0.2, 0.25) is 5.91 Å². The molecule has 3 atom stereocenters. The lowest BCUT2D eigenvalue weighted by Gasteiger charge is -2.25. The fraction of sp³-hybridized carbons (Fsp3) is 0.877. The number of aliphatic hydroxyl groups is 1. The molecule has 0 aromatic carbocycles. The molecule has 0 aromatic rings. The molecule has 0 saturated carbocycles. The minimum absolute atomic E-state index is 0.0635. The average molecular weight is 1170 g/mol. The van der Waals surface area contributed by atoms with Crippen LogP contribution >= 0.6 is 7.82 Å². The summed E-state index contributed by atoms with van der Waals surface area (Å²) in [6, 6.07) is -0.846. The molecule has 0 aliphatic heterocycles. The Morgan fingerprint density at radius 3 is 1.01 bits per heavy atom. The lowest BCUT2D eigenvalue weighted by atomic mass is 10.0. The minimum atomic E-state index is -4.35. The number of amides is 1. The lowest BCUT2D eigenvalue weighted by Crippen LogP contribution is -2.45. The standard InChI is InChI=1S/C73H141N2O6P/c1-6-8-10-12-14-16-18-20-22-24-26-27-28-29-30-31-32-33-34-35-36-37-38-39-40-41-42-43-44-45-46-47-49-51-53-55-57-59-61-63-65-67-73(77)74-71(70-81-82(78,79)80-69-68-75(3,4)5)72(76)66-64-62-60-58-56-54-52-50-48-25-23-21-19-17-15-13-11-9-7-2/h18,20,24,26,28-29,64,66,71-72,76H,6-17,19,21-23,25,27,30-63,65,67-70H2,1-5H3,(H-,74,77,78,79)/p+1/b20-18-,26-24-,29-28-,66-64+. The Bertz CT molecular complexity index is 1480. The van der Waals surface area contributed by atoms with Crippen LogP contribution in [0.15, 0.2) is 48.6 Å². The lowest BCUT2D eigenvalue weighted by molar-refractivity contribution is -0.870. The van der Waals surface area contributed by atoms with Crippen LogP contribution in [0.5, 0.6) is 0 Å². The second kappa shape index (κ2) is 63.9. The number of nitrogens with zero attached hydrogens (tertiary/aromatic N) is 1. The number of hydrogen-bond acceptors (Lipinski definition) is 5. The van der Waals surface area contributed by atoms with Crippen molar-refractivity contribution in [1.82, 2.24) is 5.32 Å². The van der Waals surface area contributed by atoms with Gasteiger partial charge < -0.3 is 19.8 Å². The third kappa shape index (κ3) is 66.0. The molecule has 0 saturated heterocycles. The number of allylic oxidation sites excluding steroid dienone is 7. The van der Waals surface area contributed by atoms with Crippen molar-refractivity contribution in [3.63, 3.8) is 0 Å². The molecule has 0 aliphatic carbocycles. The summed E-state index contributed by atoms with van der Waals surface area (Å²) in [6.07, 6.45) is 87.0. The molecule has 1 amide bonds. The van der Waals surface area contributed by atoms with E-state index in [0.717, 1.165) is 51.4 Å². The highest BCUT2D eigenvalue weighted by Gasteiger charge is 2.28. The van der Waals surface area contributed by atoms with Crippen molar-refractivity contribution in [1.29, 1.82) is 0 Å². The maximum Gasteiger partial charge on any atom is 0.472 e. The summed E-state index contributed by atoms with van der Waals surface area (Å²) in [5.41, 5.74) is 0. The van der Waals surface area contributed by atoms with Gasteiger partial charge in [-0.15, -0.1) is 0 Å². The van der Waals surface area contributed by atoms with E-state index in [2.05, 4.69) is 55.6 Å². The van der Waals surface area contributed by atoms with Crippen LogP contribution < -0.4 is 5.32 Å². The molecule has 0 radical (unpaired) electrons. The van der Waals surface area contributed by atoms with Crippen LogP contribution in [0.4, 0.5) is 0 Å². The Morgan fingerprint density at radius 1 is 0.415 bits per heavy atom. The SMILES string of the molecule is CCCCCCC/C=C\C/C=C\C/C=C\CCCCCCCCCCCCCCCCCCCCCCCCCCCCC(=O)NC(COP(=O)(O)OCC[N+](C)(C)C)C(O)/C=C/CCCCCCCCCCCCCCCCCCC. The van der Waals surface area contributed by atoms with E-state index in [1.54, 1.807) is 6.08 Å². The first-order chi connectivity index (χ1) is 40.0. The molecule has 0 aliphatic rings. The van der Waals surface area contributed by atoms with Crippen molar-refractivity contribution in [2.45, 2.75) is 373 Å². The Labute approximate surface area is 511 Å². The number of carbonyl (C=O) groups excluding carboxylic acids is 1. The highest BCUT2D eigenvalue weighted by Crippen LogP contribution is 2.43. The van der Waals surface area contributed by atoms with Crippen LogP contribution in [0.3, 0.4) is 0 Å². The number of carbonyl (C=O) groups is 1. The predicted octanol–water partition coefficient (Wildman–Crippen LogP) is 23.0. The second-order valence-corrected chi connectivity index (χ2v) is 27.4. The number of aliphatic hydroxyl groups excluding tert-OH is 1. The second-order valence-electron chi connectivity index (χ2n) is 26.0. The van der Waals surface area contributed by atoms with Gasteiger partial charge in [0.15, 0.2) is 0 Å². The van der Waals surface area contributed by atoms with E-state index in [1.165, 1.54) is 289 Å². The van der Waals surface area contributed by atoms with Crippen molar-refractivity contribution in [2.75, 3.05) is 40.9 Å². The molecule has 0 aromatic heterocycles. The zero-order valence-electron chi connectivity index (χ0n) is 55.5. The zero-order valence-corrected chi connectivity index (χ0v) is 56.4. The van der Waals surface area contributed by atoms with Crippen molar-refractivity contribution >= 4 is 13.7 Å². The summed E-state index contributed by atoms with van der Waals surface area (Å²) in [6.45, 7) is 4.85. The third-order valence-electron chi connectivity index (χ3n) is 16.5. The molecule has 484 valence electrons. The monoisotopic (exact) mass is 1170 g/mol. The first-order valence-corrected chi connectivity index (χ1v) is 37.5. The van der Waals surface area contributed by atoms with Crippen LogP contribution in [0, 0.1) is 0 Å². The Kier molecular flexibility index (Phi) is 62.7. The average Bonchev–Trinajstić information content (AvgIpc) is 3.47. The van der Waals surface area contributed by atoms with Gasteiger partial charge >= 0.3 is 7.82 Å². The summed E-state index contributed by atoms with van der Waals surface area (Å²) < 4.78 is 23.8. The maximum atomic E-state index is 13.0. The summed E-state index contributed by atoms with van der Waals surface area (Å²) in [7, 11) is 1.59. The van der Waals surface area contributed by atoms with Crippen LogP contribution in [0.2, 0.25) is 0 Å². The smallest absolute Gasteiger partial charge is 0.387 e. The van der Waals surface area contributed by atoms with E-state index in [9.17, 15) is 19.4 Å². The first kappa shape index (κ1) is 80.5. The number of likely N-dealkylation sites (N-methyl/N-ethyl adjacent to an activating group) is 1. The number of rotatable bonds is 67. The van der Waals surface area contributed by atoms with Crippen molar-refractivity contribution in [3.05, 3.63) is 48.6 Å². The van der Waals surface area contributed by atoms with E-state index in [-0.39, 0.29) is 19.1 Å². The van der Waals surface area contributed by atoms with Crippen molar-refractivity contribution < 1.29 is 32.9 Å². The fourth-order valence-corrected chi connectivity index (χ4v) is 11.7. The van der Waals surface area contributed by atoms with Crippen molar-refractivity contribution in [3.8, 4) is 0 Å². The topological polar surface area (TPSA) is 105 Å². The molecule has 0 bridgehead atoms. The van der Waals surface area contributed by atoms with E-state index < -0.39 is 20.0 Å². The van der Waals surface area contributed by atoms with Gasteiger partial charge in [-0.25, -0.2) is 4.57 Å². The summed E-state index contributed by atoms with van der Waals surface area (Å²) in [4.78, 5) is 23.4. The predicted molar refractivity (Wildman–Crippen MR) is 360 cm³/mol. The number of unbranched alkanes of at least 4 members (excludes halogenated alkanes) is 48. The molecular formula is C73H142N2O6P+. The number of nitrogens with one attached hydrogen (secondary N) is 1. The molecule has 3 unspecified atom stereocenters. The largest absolute Gasteiger partial charge is 0.472 e. The van der Waals surface area contributed by atoms with Gasteiger partial charge in [0.05, 0.1) is 39.9 Å². The summed E-state index contributed by atoms with van der Waals surface area (Å²) in [5, 5.41) is 14.0. The van der Waals surface area contributed by atoms with Gasteiger partial charge in [0, 0.05) is 6.42 Å². The molecule has 3 N–H and O–H groups in total. The molecule has 0 heterocycles. The zero-order chi connectivity index (χ0) is 59.8. The highest BCUT2D eigenvalue weighted by molar-refractivity contribution is 7.47. The van der Waals surface area contributed by atoms with Crippen LogP contribution in [-0.2, 0) is 18.4 Å². The fourth-order valence-electron chi connectivity index (χ4n) is 10.9. The van der Waals surface area contributed by atoms with Gasteiger partial charge in [-0.3, -0.25) is 13.8 Å². The van der Waals surface area contributed by atoms with Crippen LogP contribution in [0.25, 0.3) is 0 Å². The molecule has 8 nitrogen and oxygen atoms in total. The van der Waals surface area contributed by atoms with E-state index >= 15 is 0 Å². The van der Waals surface area contributed by atoms with Crippen LogP contribution in [-0.4, -0.2) is 73.4 Å². The van der Waals surface area contributed by atoms with Gasteiger partial charge in [-0.1, -0.05) is 345 Å². The normalized spacial score (nSPS) is 13.9. The Hall–Kier alpha value is -1.54. The van der Waals surface area contributed by atoms with Gasteiger partial charge in [0.1, 0.15) is 13.2 Å². The van der Waals surface area contributed by atoms with Gasteiger partial charge in [0.25, 0.3) is 0 Å². The highest BCUT2D eigenvalue weighted by atomic mass is 31.2. The molecule has 0 spiro atoms. The van der Waals surface area contributed by atoms with Crippen molar-refractivity contribution in [2.24, 2.45) is 0 Å². The molecule has 82 heavy (non-hydrogen) atoms. The number of hydrogen-bond donors (Lipinski definition) is 3. The number of phosphoric acid groups is 1. The quantitative estimate of drug-likeness (QED) is 0.0243. The molecule has 0 fully saturated rings.